The summed E-state index contributed by atoms with van der Waals surface area (Å²) >= 11 is 12.3. The van der Waals surface area contributed by atoms with Crippen molar-refractivity contribution in [2.75, 3.05) is 18.9 Å². The Morgan fingerprint density at radius 2 is 1.76 bits per heavy atom. The maximum absolute atomic E-state index is 14.2. The van der Waals surface area contributed by atoms with E-state index >= 15 is 0 Å². The molecular weight excluding hydrogens is 310 g/mol. The quantitative estimate of drug-likeness (QED) is 0.693. The summed E-state index contributed by atoms with van der Waals surface area (Å²) in [6.07, 6.45) is 0.554. The molecule has 0 radical (unpaired) electrons. The minimum atomic E-state index is -0.638. The predicted molar refractivity (Wildman–Crippen MR) is 86.2 cm³/mol. The summed E-state index contributed by atoms with van der Waals surface area (Å²) in [4.78, 5) is 0. The highest BCUT2D eigenvalue weighted by Crippen LogP contribution is 2.34. The van der Waals surface area contributed by atoms with Gasteiger partial charge in [-0.25, -0.2) is 4.39 Å². The standard InChI is InChI=1S/C17H17Cl2FO/c1-21-14-6-4-5-13(9-14)10-17(11-18,12-19)15-7-2-3-8-16(15)20/h2-9H,10-12H2,1H3. The third-order valence-electron chi connectivity index (χ3n) is 3.63. The summed E-state index contributed by atoms with van der Waals surface area (Å²) in [5.41, 5.74) is 0.928. The molecule has 0 aliphatic rings. The Morgan fingerprint density at radius 1 is 1.05 bits per heavy atom. The second-order valence-corrected chi connectivity index (χ2v) is 5.59. The molecule has 0 heterocycles. The van der Waals surface area contributed by atoms with Crippen LogP contribution in [0.15, 0.2) is 48.5 Å². The number of rotatable bonds is 6. The Morgan fingerprint density at radius 3 is 2.38 bits per heavy atom. The van der Waals surface area contributed by atoms with Crippen LogP contribution in [-0.2, 0) is 11.8 Å². The number of methoxy groups -OCH3 is 1. The summed E-state index contributed by atoms with van der Waals surface area (Å²) in [5, 5.41) is 0. The summed E-state index contributed by atoms with van der Waals surface area (Å²) in [6, 6.07) is 14.3. The van der Waals surface area contributed by atoms with Crippen LogP contribution < -0.4 is 4.74 Å². The summed E-state index contributed by atoms with van der Waals surface area (Å²) in [7, 11) is 1.62. The molecule has 2 rings (SSSR count). The Balaban J connectivity index is 2.40. The topological polar surface area (TPSA) is 9.23 Å². The lowest BCUT2D eigenvalue weighted by Gasteiger charge is -2.31. The Hall–Kier alpha value is -1.25. The van der Waals surface area contributed by atoms with Crippen LogP contribution in [0.4, 0.5) is 4.39 Å². The van der Waals surface area contributed by atoms with Crippen molar-refractivity contribution in [2.24, 2.45) is 0 Å². The first-order chi connectivity index (χ1) is 10.1. The molecule has 0 N–H and O–H groups in total. The monoisotopic (exact) mass is 326 g/mol. The third kappa shape index (κ3) is 3.50. The molecule has 2 aromatic rings. The molecule has 0 bridgehead atoms. The van der Waals surface area contributed by atoms with E-state index in [1.165, 1.54) is 6.07 Å². The van der Waals surface area contributed by atoms with E-state index in [-0.39, 0.29) is 17.6 Å². The van der Waals surface area contributed by atoms with Crippen LogP contribution >= 0.6 is 23.2 Å². The van der Waals surface area contributed by atoms with Crippen molar-refractivity contribution >= 4 is 23.2 Å². The number of alkyl halides is 2. The average Bonchev–Trinajstić information content (AvgIpc) is 2.53. The minimum absolute atomic E-state index is 0.245. The first-order valence-electron chi connectivity index (χ1n) is 6.65. The van der Waals surface area contributed by atoms with Gasteiger partial charge in [-0.1, -0.05) is 30.3 Å². The first-order valence-corrected chi connectivity index (χ1v) is 7.72. The third-order valence-corrected chi connectivity index (χ3v) is 4.66. The van der Waals surface area contributed by atoms with Gasteiger partial charge in [0, 0.05) is 17.2 Å². The van der Waals surface area contributed by atoms with Crippen LogP contribution in [-0.4, -0.2) is 18.9 Å². The number of ether oxygens (including phenoxy) is 1. The van der Waals surface area contributed by atoms with Crippen molar-refractivity contribution in [3.63, 3.8) is 0 Å². The fraction of sp³-hybridized carbons (Fsp3) is 0.294. The first kappa shape index (κ1) is 16.1. The van der Waals surface area contributed by atoms with Gasteiger partial charge in [0.25, 0.3) is 0 Å². The van der Waals surface area contributed by atoms with Gasteiger partial charge in [-0.2, -0.15) is 0 Å². The van der Waals surface area contributed by atoms with E-state index in [1.54, 1.807) is 25.3 Å². The molecule has 0 unspecified atom stereocenters. The van der Waals surface area contributed by atoms with Crippen molar-refractivity contribution < 1.29 is 9.13 Å². The fourth-order valence-corrected chi connectivity index (χ4v) is 3.20. The highest BCUT2D eigenvalue weighted by atomic mass is 35.5. The normalized spacial score (nSPS) is 11.4. The summed E-state index contributed by atoms with van der Waals surface area (Å²) in [6.45, 7) is 0. The van der Waals surface area contributed by atoms with Gasteiger partial charge in [0.15, 0.2) is 0 Å². The SMILES string of the molecule is COc1cccc(CC(CCl)(CCl)c2ccccc2F)c1. The zero-order chi connectivity index (χ0) is 15.3. The van der Waals surface area contributed by atoms with Gasteiger partial charge in [-0.15, -0.1) is 23.2 Å². The van der Waals surface area contributed by atoms with Crippen LogP contribution in [0.2, 0.25) is 0 Å². The smallest absolute Gasteiger partial charge is 0.127 e. The van der Waals surface area contributed by atoms with Crippen molar-refractivity contribution in [3.05, 3.63) is 65.5 Å². The van der Waals surface area contributed by atoms with Crippen molar-refractivity contribution in [1.29, 1.82) is 0 Å². The maximum atomic E-state index is 14.2. The average molecular weight is 327 g/mol. The van der Waals surface area contributed by atoms with Crippen LogP contribution in [0.5, 0.6) is 5.75 Å². The van der Waals surface area contributed by atoms with Gasteiger partial charge in [0.05, 0.1) is 7.11 Å². The molecule has 21 heavy (non-hydrogen) atoms. The minimum Gasteiger partial charge on any atom is -0.497 e. The number of halogens is 3. The highest BCUT2D eigenvalue weighted by molar-refractivity contribution is 6.22. The lowest BCUT2D eigenvalue weighted by molar-refractivity contribution is 0.413. The van der Waals surface area contributed by atoms with E-state index < -0.39 is 5.41 Å². The number of hydrogen-bond donors (Lipinski definition) is 0. The highest BCUT2D eigenvalue weighted by Gasteiger charge is 2.33. The molecule has 0 amide bonds. The maximum Gasteiger partial charge on any atom is 0.127 e. The second-order valence-electron chi connectivity index (χ2n) is 5.06. The zero-order valence-electron chi connectivity index (χ0n) is 11.8. The van der Waals surface area contributed by atoms with Crippen LogP contribution in [0, 0.1) is 5.82 Å². The molecule has 0 spiro atoms. The van der Waals surface area contributed by atoms with Gasteiger partial charge in [0.2, 0.25) is 0 Å². The van der Waals surface area contributed by atoms with Gasteiger partial charge in [-0.3, -0.25) is 0 Å². The zero-order valence-corrected chi connectivity index (χ0v) is 13.3. The van der Waals surface area contributed by atoms with Crippen LogP contribution in [0.3, 0.4) is 0 Å². The van der Waals surface area contributed by atoms with Crippen molar-refractivity contribution in [1.82, 2.24) is 0 Å². The Bertz CT molecular complexity index is 597. The van der Waals surface area contributed by atoms with Crippen LogP contribution in [0.25, 0.3) is 0 Å². The molecule has 112 valence electrons. The molecule has 4 heteroatoms. The Labute approximate surface area is 134 Å². The molecule has 2 aromatic carbocycles. The predicted octanol–water partition coefficient (Wildman–Crippen LogP) is 4.79. The lowest BCUT2D eigenvalue weighted by Crippen LogP contribution is -2.34. The fourth-order valence-electron chi connectivity index (χ4n) is 2.43. The van der Waals surface area contributed by atoms with E-state index in [0.29, 0.717) is 12.0 Å². The molecule has 0 aliphatic carbocycles. The Kier molecular flexibility index (Phi) is 5.49. The van der Waals surface area contributed by atoms with Gasteiger partial charge < -0.3 is 4.74 Å². The molecular formula is C17H17Cl2FO. The van der Waals surface area contributed by atoms with E-state index in [2.05, 4.69) is 0 Å². The number of benzene rings is 2. The number of hydrogen-bond acceptors (Lipinski definition) is 1. The molecule has 0 aromatic heterocycles. The van der Waals surface area contributed by atoms with E-state index in [0.717, 1.165) is 11.3 Å². The molecule has 0 fully saturated rings. The molecule has 1 nitrogen and oxygen atoms in total. The largest absolute Gasteiger partial charge is 0.497 e. The van der Waals surface area contributed by atoms with E-state index in [4.69, 9.17) is 27.9 Å². The summed E-state index contributed by atoms with van der Waals surface area (Å²) in [5.74, 6) is 0.976. The van der Waals surface area contributed by atoms with Gasteiger partial charge >= 0.3 is 0 Å². The van der Waals surface area contributed by atoms with E-state index in [9.17, 15) is 4.39 Å². The second kappa shape index (κ2) is 7.15. The molecule has 0 saturated carbocycles. The molecule has 0 saturated heterocycles. The van der Waals surface area contributed by atoms with Crippen molar-refractivity contribution in [3.8, 4) is 5.75 Å². The van der Waals surface area contributed by atoms with Gasteiger partial charge in [-0.05, 0) is 35.7 Å². The summed E-state index contributed by atoms with van der Waals surface area (Å²) < 4.78 is 19.4. The van der Waals surface area contributed by atoms with Crippen LogP contribution in [0.1, 0.15) is 11.1 Å². The van der Waals surface area contributed by atoms with Gasteiger partial charge in [0.1, 0.15) is 11.6 Å². The van der Waals surface area contributed by atoms with Crippen molar-refractivity contribution in [2.45, 2.75) is 11.8 Å². The molecule has 0 aliphatic heterocycles. The van der Waals surface area contributed by atoms with E-state index in [1.807, 2.05) is 24.3 Å². The lowest BCUT2D eigenvalue weighted by atomic mass is 9.78. The molecule has 0 atom stereocenters.